The molecular formula is C43H60N10O3. The number of carbonyl (C=O) groups excluding carboxylic acids is 3. The zero-order chi connectivity index (χ0) is 41.0. The van der Waals surface area contributed by atoms with Crippen molar-refractivity contribution in [2.75, 3.05) is 33.2 Å². The fourth-order valence-electron chi connectivity index (χ4n) is 5.56. The molecule has 0 aromatic heterocycles. The fourth-order valence-corrected chi connectivity index (χ4v) is 5.56. The second-order valence-electron chi connectivity index (χ2n) is 12.8. The molecule has 3 amide bonds. The van der Waals surface area contributed by atoms with E-state index < -0.39 is 12.1 Å². The van der Waals surface area contributed by atoms with Crippen LogP contribution in [0.15, 0.2) is 119 Å². The number of guanidine groups is 1. The molecule has 13 heteroatoms. The molecule has 0 bridgehead atoms. The van der Waals surface area contributed by atoms with Crippen LogP contribution in [-0.2, 0) is 20.8 Å². The van der Waals surface area contributed by atoms with E-state index in [9.17, 15) is 14.4 Å². The average molecular weight is 765 g/mol. The number of aryl methyl sites for hydroxylation is 1. The third-order valence-corrected chi connectivity index (χ3v) is 8.42. The molecule has 0 spiro atoms. The summed E-state index contributed by atoms with van der Waals surface area (Å²) in [6, 6.07) is 35.6. The van der Waals surface area contributed by atoms with Gasteiger partial charge in [-0.15, -0.1) is 0 Å². The Hall–Kier alpha value is -6.05. The molecule has 0 aliphatic heterocycles. The van der Waals surface area contributed by atoms with Crippen LogP contribution in [-0.4, -0.2) is 75.3 Å². The molecule has 0 saturated heterocycles. The second kappa shape index (κ2) is 27.5. The van der Waals surface area contributed by atoms with Gasteiger partial charge >= 0.3 is 0 Å². The Morgan fingerprint density at radius 2 is 1.25 bits per heavy atom. The molecular weight excluding hydrogens is 705 g/mol. The summed E-state index contributed by atoms with van der Waals surface area (Å²) in [5.41, 5.74) is 32.8. The molecule has 4 aromatic rings. The van der Waals surface area contributed by atoms with Gasteiger partial charge in [0.2, 0.25) is 17.7 Å². The van der Waals surface area contributed by atoms with E-state index in [0.29, 0.717) is 51.7 Å². The van der Waals surface area contributed by atoms with Crippen LogP contribution in [0.3, 0.4) is 0 Å². The van der Waals surface area contributed by atoms with E-state index in [1.54, 1.807) is 0 Å². The van der Waals surface area contributed by atoms with Crippen LogP contribution in [0.4, 0.5) is 0 Å². The van der Waals surface area contributed by atoms with Gasteiger partial charge in [-0.25, -0.2) is 0 Å². The Kier molecular flexibility index (Phi) is 22.7. The van der Waals surface area contributed by atoms with E-state index in [1.165, 1.54) is 30.1 Å². The molecule has 0 radical (unpaired) electrons. The van der Waals surface area contributed by atoms with Gasteiger partial charge in [0.15, 0.2) is 5.96 Å². The van der Waals surface area contributed by atoms with Crippen molar-refractivity contribution in [1.29, 1.82) is 0 Å². The van der Waals surface area contributed by atoms with E-state index >= 15 is 0 Å². The maximum absolute atomic E-state index is 13.2. The summed E-state index contributed by atoms with van der Waals surface area (Å²) in [5.74, 6) is -0.988. The molecule has 13 N–H and O–H groups in total. The summed E-state index contributed by atoms with van der Waals surface area (Å²) in [4.78, 5) is 46.1. The molecule has 0 unspecified atom stereocenters. The van der Waals surface area contributed by atoms with Gasteiger partial charge in [-0.05, 0) is 67.5 Å². The number of benzene rings is 4. The standard InChI is InChI=1S/C29H43N9O3.C13H12.CH5N/c30-19-27(40)37-24(9-6-14-34-20-31)18-26(39)38-25(28(41)35-15-4-5-16-36-29(32)33)17-21-10-12-23(13-11-21)22-7-2-1-3-8-22;1-11-7-9-13(10-8-11)12-5-3-2-4-6-12;1-2/h1-3,7-8,10-13,20,24-25H,4-6,9,14-19,30H2,(H2,31,34)(H,35,41)(H,37,40)(H,38,39)(H4,32,33,36);2-10H,1H3;2H2,1H3/t24-,25-;;/m0../s1. The van der Waals surface area contributed by atoms with Crippen LogP contribution < -0.4 is 44.6 Å². The van der Waals surface area contributed by atoms with Gasteiger partial charge in [-0.3, -0.25) is 24.4 Å². The molecule has 300 valence electrons. The van der Waals surface area contributed by atoms with Crippen molar-refractivity contribution in [2.24, 2.45) is 38.7 Å². The Balaban J connectivity index is 0.000000597. The first-order chi connectivity index (χ1) is 27.2. The Labute approximate surface area is 331 Å². The van der Waals surface area contributed by atoms with Crippen molar-refractivity contribution < 1.29 is 14.4 Å². The van der Waals surface area contributed by atoms with E-state index in [4.69, 9.17) is 22.9 Å². The molecule has 2 atom stereocenters. The minimum absolute atomic E-state index is 0.00663. The smallest absolute Gasteiger partial charge is 0.242 e. The SMILES string of the molecule is CN.Cc1ccc(-c2ccccc2)cc1.NC=NCCC[C@@H](CC(=O)N[C@@H](Cc1ccc(-c2ccccc2)cc1)C(=O)NCCCCN=C(N)N)NC(=O)CN. The van der Waals surface area contributed by atoms with Gasteiger partial charge in [-0.1, -0.05) is 115 Å². The van der Waals surface area contributed by atoms with Gasteiger partial charge in [0.05, 0.1) is 12.9 Å². The summed E-state index contributed by atoms with van der Waals surface area (Å²) >= 11 is 0. The van der Waals surface area contributed by atoms with Crippen LogP contribution in [0.5, 0.6) is 0 Å². The summed E-state index contributed by atoms with van der Waals surface area (Å²) < 4.78 is 0. The Bertz CT molecular complexity index is 1750. The predicted octanol–water partition coefficient (Wildman–Crippen LogP) is 3.39. The monoisotopic (exact) mass is 764 g/mol. The number of amides is 3. The van der Waals surface area contributed by atoms with Gasteiger partial charge in [0, 0.05) is 38.5 Å². The number of hydrogen-bond donors (Lipinski definition) is 8. The van der Waals surface area contributed by atoms with Crippen molar-refractivity contribution in [3.05, 3.63) is 120 Å². The van der Waals surface area contributed by atoms with Crippen LogP contribution in [0.1, 0.15) is 43.2 Å². The number of nitrogens with two attached hydrogens (primary N) is 5. The molecule has 13 nitrogen and oxygen atoms in total. The number of carbonyl (C=O) groups is 3. The quantitative estimate of drug-likeness (QED) is 0.0399. The molecule has 0 aliphatic carbocycles. The summed E-state index contributed by atoms with van der Waals surface area (Å²) in [5, 5.41) is 8.54. The normalized spacial score (nSPS) is 11.4. The first kappa shape index (κ1) is 46.1. The largest absolute Gasteiger partial charge is 0.390 e. The highest BCUT2D eigenvalue weighted by Gasteiger charge is 2.23. The lowest BCUT2D eigenvalue weighted by Gasteiger charge is -2.22. The van der Waals surface area contributed by atoms with Crippen molar-refractivity contribution in [3.8, 4) is 22.3 Å². The summed E-state index contributed by atoms with van der Waals surface area (Å²) in [6.07, 6.45) is 4.01. The van der Waals surface area contributed by atoms with Gasteiger partial charge in [0.1, 0.15) is 6.04 Å². The minimum atomic E-state index is -0.810. The third kappa shape index (κ3) is 18.8. The number of rotatable bonds is 19. The van der Waals surface area contributed by atoms with Crippen molar-refractivity contribution >= 4 is 30.0 Å². The molecule has 4 rings (SSSR count). The number of nitrogens with zero attached hydrogens (tertiary/aromatic N) is 2. The van der Waals surface area contributed by atoms with Crippen molar-refractivity contribution in [1.82, 2.24) is 16.0 Å². The number of unbranched alkanes of at least 4 members (excludes halogenated alkanes) is 1. The van der Waals surface area contributed by atoms with Gasteiger partial charge in [-0.2, -0.15) is 0 Å². The highest BCUT2D eigenvalue weighted by atomic mass is 16.2. The first-order valence-electron chi connectivity index (χ1n) is 18.8. The highest BCUT2D eigenvalue weighted by molar-refractivity contribution is 5.88. The van der Waals surface area contributed by atoms with E-state index in [-0.39, 0.29) is 36.6 Å². The Morgan fingerprint density at radius 1 is 0.696 bits per heavy atom. The minimum Gasteiger partial charge on any atom is -0.390 e. The van der Waals surface area contributed by atoms with Crippen molar-refractivity contribution in [2.45, 2.75) is 57.5 Å². The maximum atomic E-state index is 13.2. The van der Waals surface area contributed by atoms with Crippen LogP contribution >= 0.6 is 0 Å². The highest BCUT2D eigenvalue weighted by Crippen LogP contribution is 2.20. The lowest BCUT2D eigenvalue weighted by Crippen LogP contribution is -2.50. The number of nitrogens with one attached hydrogen (secondary N) is 3. The lowest BCUT2D eigenvalue weighted by molar-refractivity contribution is -0.129. The van der Waals surface area contributed by atoms with E-state index in [2.05, 4.69) is 87.1 Å². The average Bonchev–Trinajstić information content (AvgIpc) is 3.22. The molecule has 0 fully saturated rings. The van der Waals surface area contributed by atoms with E-state index in [0.717, 1.165) is 16.7 Å². The zero-order valence-electron chi connectivity index (χ0n) is 32.7. The van der Waals surface area contributed by atoms with Crippen LogP contribution in [0, 0.1) is 6.92 Å². The van der Waals surface area contributed by atoms with Crippen LogP contribution in [0.25, 0.3) is 22.3 Å². The molecule has 0 aliphatic rings. The van der Waals surface area contributed by atoms with Crippen LogP contribution in [0.2, 0.25) is 0 Å². The number of aliphatic imine (C=N–C) groups is 2. The summed E-state index contributed by atoms with van der Waals surface area (Å²) in [6.45, 7) is 3.27. The molecule has 0 heterocycles. The Morgan fingerprint density at radius 3 is 1.79 bits per heavy atom. The van der Waals surface area contributed by atoms with Crippen molar-refractivity contribution in [3.63, 3.8) is 0 Å². The van der Waals surface area contributed by atoms with Gasteiger partial charge < -0.3 is 44.6 Å². The summed E-state index contributed by atoms with van der Waals surface area (Å²) in [7, 11) is 1.50. The third-order valence-electron chi connectivity index (χ3n) is 8.42. The molecule has 0 saturated carbocycles. The molecule has 4 aromatic carbocycles. The zero-order valence-corrected chi connectivity index (χ0v) is 32.7. The number of hydrogen-bond acceptors (Lipinski definition) is 7. The lowest BCUT2D eigenvalue weighted by atomic mass is 10.00. The topological polar surface area (TPSA) is 242 Å². The fraction of sp³-hybridized carbons (Fsp3) is 0.326. The van der Waals surface area contributed by atoms with Gasteiger partial charge in [0.25, 0.3) is 0 Å². The maximum Gasteiger partial charge on any atom is 0.242 e. The first-order valence-corrected chi connectivity index (χ1v) is 18.8. The van der Waals surface area contributed by atoms with E-state index in [1.807, 2.05) is 60.7 Å². The second-order valence-corrected chi connectivity index (χ2v) is 12.8. The molecule has 56 heavy (non-hydrogen) atoms. The predicted molar refractivity (Wildman–Crippen MR) is 230 cm³/mol.